The third kappa shape index (κ3) is 2.99. The van der Waals surface area contributed by atoms with Crippen molar-refractivity contribution in [2.24, 2.45) is 5.92 Å². The summed E-state index contributed by atoms with van der Waals surface area (Å²) < 4.78 is 0. The van der Waals surface area contributed by atoms with E-state index in [1.807, 2.05) is 0 Å². The van der Waals surface area contributed by atoms with Crippen LogP contribution in [0.5, 0.6) is 0 Å². The molecule has 0 spiro atoms. The van der Waals surface area contributed by atoms with Gasteiger partial charge in [0, 0.05) is 17.7 Å². The van der Waals surface area contributed by atoms with Gasteiger partial charge in [0.15, 0.2) is 0 Å². The zero-order valence-corrected chi connectivity index (χ0v) is 9.93. The predicted octanol–water partition coefficient (Wildman–Crippen LogP) is 4.00. The lowest BCUT2D eigenvalue weighted by molar-refractivity contribution is 0.258. The Morgan fingerprint density at radius 3 is 1.93 bits per heavy atom. The summed E-state index contributed by atoms with van der Waals surface area (Å²) in [5, 5.41) is 3.50. The number of hydrogen-bond acceptors (Lipinski definition) is 1. The fraction of sp³-hybridized carbons (Fsp3) is 0.857. The van der Waals surface area contributed by atoms with Crippen molar-refractivity contribution in [1.82, 2.24) is 5.32 Å². The Morgan fingerprint density at radius 1 is 0.800 bits per heavy atom. The van der Waals surface area contributed by atoms with E-state index in [1.54, 1.807) is 0 Å². The Kier molecular flexibility index (Phi) is 4.10. The van der Waals surface area contributed by atoms with Gasteiger partial charge in [-0.05, 0) is 12.8 Å². The Morgan fingerprint density at radius 2 is 1.33 bits per heavy atom. The standard InChI is InChI=1S/C14H25N/c1-12-13-10-8-6-4-2-3-5-7-9-11-14(13)15-12/h13-15H,1-11H2/t13-,14-/m0/s1. The van der Waals surface area contributed by atoms with Crippen LogP contribution < -0.4 is 5.32 Å². The number of nitrogens with one attached hydrogen (secondary N) is 1. The molecular weight excluding hydrogens is 182 g/mol. The van der Waals surface area contributed by atoms with Crippen molar-refractivity contribution < 1.29 is 0 Å². The summed E-state index contributed by atoms with van der Waals surface area (Å²) in [6, 6.07) is 0.775. The van der Waals surface area contributed by atoms with E-state index in [9.17, 15) is 0 Å². The van der Waals surface area contributed by atoms with Crippen LogP contribution in [0.15, 0.2) is 12.3 Å². The molecule has 86 valence electrons. The molecule has 0 radical (unpaired) electrons. The fourth-order valence-corrected chi connectivity index (χ4v) is 3.03. The molecule has 0 bridgehead atoms. The monoisotopic (exact) mass is 207 g/mol. The van der Waals surface area contributed by atoms with Gasteiger partial charge in [-0.15, -0.1) is 0 Å². The molecule has 1 heterocycles. The Balaban J connectivity index is 1.78. The van der Waals surface area contributed by atoms with Crippen molar-refractivity contribution in [2.75, 3.05) is 0 Å². The van der Waals surface area contributed by atoms with Crippen LogP contribution in [0.1, 0.15) is 64.2 Å². The van der Waals surface area contributed by atoms with Crippen LogP contribution in [0, 0.1) is 5.92 Å². The number of rotatable bonds is 0. The van der Waals surface area contributed by atoms with E-state index < -0.39 is 0 Å². The van der Waals surface area contributed by atoms with E-state index in [1.165, 1.54) is 69.9 Å². The lowest BCUT2D eigenvalue weighted by Crippen LogP contribution is -2.49. The molecule has 0 amide bonds. The van der Waals surface area contributed by atoms with Gasteiger partial charge >= 0.3 is 0 Å². The van der Waals surface area contributed by atoms with Gasteiger partial charge in [0.05, 0.1) is 0 Å². The van der Waals surface area contributed by atoms with Crippen molar-refractivity contribution in [3.8, 4) is 0 Å². The van der Waals surface area contributed by atoms with E-state index in [2.05, 4.69) is 11.9 Å². The minimum absolute atomic E-state index is 0.775. The molecule has 15 heavy (non-hydrogen) atoms. The lowest BCUT2D eigenvalue weighted by Gasteiger charge is -2.42. The Bertz CT molecular complexity index is 209. The molecular formula is C14H25N. The highest BCUT2D eigenvalue weighted by Crippen LogP contribution is 2.32. The fourth-order valence-electron chi connectivity index (χ4n) is 3.03. The molecule has 2 aliphatic rings. The van der Waals surface area contributed by atoms with Crippen LogP contribution in [-0.4, -0.2) is 6.04 Å². The minimum atomic E-state index is 0.775. The highest BCUT2D eigenvalue weighted by molar-refractivity contribution is 5.14. The van der Waals surface area contributed by atoms with Crippen molar-refractivity contribution in [3.63, 3.8) is 0 Å². The molecule has 2 fully saturated rings. The molecule has 2 rings (SSSR count). The van der Waals surface area contributed by atoms with Crippen LogP contribution in [0.2, 0.25) is 0 Å². The molecule has 1 aliphatic heterocycles. The summed E-state index contributed by atoms with van der Waals surface area (Å²) in [5.41, 5.74) is 1.32. The molecule has 0 aromatic carbocycles. The maximum absolute atomic E-state index is 4.10. The smallest absolute Gasteiger partial charge is 0.0340 e. The second-order valence-corrected chi connectivity index (χ2v) is 5.29. The molecule has 0 unspecified atom stereocenters. The Labute approximate surface area is 94.3 Å². The summed E-state index contributed by atoms with van der Waals surface area (Å²) in [7, 11) is 0. The van der Waals surface area contributed by atoms with Crippen molar-refractivity contribution in [2.45, 2.75) is 70.3 Å². The summed E-state index contributed by atoms with van der Waals surface area (Å²) in [6.07, 6.45) is 14.3. The van der Waals surface area contributed by atoms with Crippen molar-refractivity contribution in [1.29, 1.82) is 0 Å². The van der Waals surface area contributed by atoms with E-state index in [0.29, 0.717) is 0 Å². The predicted molar refractivity (Wildman–Crippen MR) is 65.7 cm³/mol. The highest BCUT2D eigenvalue weighted by Gasteiger charge is 2.32. The SMILES string of the molecule is C=C1N[C@H]2CCCCCCCCCC[C@@H]12. The molecule has 0 aromatic heterocycles. The third-order valence-corrected chi connectivity index (χ3v) is 4.08. The maximum Gasteiger partial charge on any atom is 0.0340 e. The first-order chi connectivity index (χ1) is 7.38. The van der Waals surface area contributed by atoms with Gasteiger partial charge in [0.25, 0.3) is 0 Å². The van der Waals surface area contributed by atoms with Crippen molar-refractivity contribution in [3.05, 3.63) is 12.3 Å². The van der Waals surface area contributed by atoms with Crippen LogP contribution in [0.4, 0.5) is 0 Å². The quantitative estimate of drug-likeness (QED) is 0.633. The van der Waals surface area contributed by atoms with E-state index in [-0.39, 0.29) is 0 Å². The van der Waals surface area contributed by atoms with Crippen LogP contribution in [0.3, 0.4) is 0 Å². The highest BCUT2D eigenvalue weighted by atomic mass is 15.0. The first-order valence-electron chi connectivity index (χ1n) is 6.83. The average molecular weight is 207 g/mol. The first kappa shape index (κ1) is 11.0. The molecule has 1 N–H and O–H groups in total. The average Bonchev–Trinajstić information content (AvgIpc) is 2.22. The van der Waals surface area contributed by atoms with E-state index >= 15 is 0 Å². The van der Waals surface area contributed by atoms with Gasteiger partial charge in [0.2, 0.25) is 0 Å². The summed E-state index contributed by atoms with van der Waals surface area (Å²) >= 11 is 0. The number of fused-ring (bicyclic) bond motifs is 1. The van der Waals surface area contributed by atoms with Crippen LogP contribution in [-0.2, 0) is 0 Å². The van der Waals surface area contributed by atoms with Gasteiger partial charge in [-0.25, -0.2) is 0 Å². The summed E-state index contributed by atoms with van der Waals surface area (Å²) in [6.45, 7) is 4.10. The van der Waals surface area contributed by atoms with Gasteiger partial charge in [0.1, 0.15) is 0 Å². The molecule has 2 atom stereocenters. The molecule has 1 heteroatoms. The third-order valence-electron chi connectivity index (χ3n) is 4.08. The second kappa shape index (κ2) is 5.58. The van der Waals surface area contributed by atoms with Crippen molar-refractivity contribution >= 4 is 0 Å². The summed E-state index contributed by atoms with van der Waals surface area (Å²) in [4.78, 5) is 0. The normalized spacial score (nSPS) is 34.0. The molecule has 1 nitrogen and oxygen atoms in total. The van der Waals surface area contributed by atoms with Gasteiger partial charge in [-0.1, -0.05) is 57.9 Å². The van der Waals surface area contributed by atoms with Crippen LogP contribution >= 0.6 is 0 Å². The Hall–Kier alpha value is -0.460. The van der Waals surface area contributed by atoms with Gasteiger partial charge in [-0.2, -0.15) is 0 Å². The van der Waals surface area contributed by atoms with Gasteiger partial charge < -0.3 is 5.32 Å². The number of hydrogen-bond donors (Lipinski definition) is 1. The van der Waals surface area contributed by atoms with E-state index in [0.717, 1.165) is 12.0 Å². The topological polar surface area (TPSA) is 12.0 Å². The zero-order chi connectivity index (χ0) is 10.5. The molecule has 1 saturated carbocycles. The first-order valence-corrected chi connectivity index (χ1v) is 6.83. The zero-order valence-electron chi connectivity index (χ0n) is 9.93. The summed E-state index contributed by atoms with van der Waals surface area (Å²) in [5.74, 6) is 0.810. The largest absolute Gasteiger partial charge is 0.385 e. The molecule has 1 saturated heterocycles. The second-order valence-electron chi connectivity index (χ2n) is 5.29. The van der Waals surface area contributed by atoms with Gasteiger partial charge in [-0.3, -0.25) is 0 Å². The molecule has 1 aliphatic carbocycles. The molecule has 0 aromatic rings. The van der Waals surface area contributed by atoms with E-state index in [4.69, 9.17) is 0 Å². The maximum atomic E-state index is 4.10. The van der Waals surface area contributed by atoms with Crippen LogP contribution in [0.25, 0.3) is 0 Å². The minimum Gasteiger partial charge on any atom is -0.385 e. The lowest BCUT2D eigenvalue weighted by atomic mass is 9.80.